The smallest absolute Gasteiger partial charge is 0.360 e. The van der Waals surface area contributed by atoms with Gasteiger partial charge in [0.2, 0.25) is 0 Å². The molecule has 1 aliphatic carbocycles. The Hall–Kier alpha value is -1.76. The van der Waals surface area contributed by atoms with Crippen molar-refractivity contribution >= 4 is 5.97 Å². The molecule has 0 atom stereocenters. The van der Waals surface area contributed by atoms with Crippen LogP contribution in [0.4, 0.5) is 0 Å². The second-order valence-corrected chi connectivity index (χ2v) is 3.30. The highest BCUT2D eigenvalue weighted by Gasteiger charge is 2.18. The second kappa shape index (κ2) is 4.18. The summed E-state index contributed by atoms with van der Waals surface area (Å²) in [5, 5.41) is 0. The van der Waals surface area contributed by atoms with Crippen LogP contribution in [0.3, 0.4) is 0 Å². The van der Waals surface area contributed by atoms with E-state index in [0.717, 1.165) is 12.8 Å². The lowest BCUT2D eigenvalue weighted by atomic mass is 10.4. The van der Waals surface area contributed by atoms with Gasteiger partial charge in [-0.15, -0.1) is 0 Å². The van der Waals surface area contributed by atoms with Crippen LogP contribution in [0.2, 0.25) is 0 Å². The SMILES string of the molecule is CCOC(=O)c1coc(C#CC2CC2)n1. The third-order valence-electron chi connectivity index (χ3n) is 1.95. The van der Waals surface area contributed by atoms with Gasteiger partial charge in [-0.2, -0.15) is 4.98 Å². The fraction of sp³-hybridized carbons (Fsp3) is 0.455. The molecule has 0 aliphatic heterocycles. The van der Waals surface area contributed by atoms with Crippen LogP contribution < -0.4 is 0 Å². The molecule has 2 rings (SSSR count). The van der Waals surface area contributed by atoms with Gasteiger partial charge in [-0.25, -0.2) is 4.79 Å². The summed E-state index contributed by atoms with van der Waals surface area (Å²) in [6.07, 6.45) is 3.58. The highest BCUT2D eigenvalue weighted by atomic mass is 16.5. The Kier molecular flexibility index (Phi) is 2.72. The molecule has 0 unspecified atom stereocenters. The first-order valence-electron chi connectivity index (χ1n) is 4.93. The first kappa shape index (κ1) is 9.78. The molecule has 1 saturated carbocycles. The lowest BCUT2D eigenvalue weighted by molar-refractivity contribution is 0.0519. The second-order valence-electron chi connectivity index (χ2n) is 3.30. The first-order chi connectivity index (χ1) is 7.29. The summed E-state index contributed by atoms with van der Waals surface area (Å²) < 4.78 is 9.79. The van der Waals surface area contributed by atoms with Gasteiger partial charge in [-0.3, -0.25) is 0 Å². The van der Waals surface area contributed by atoms with E-state index < -0.39 is 5.97 Å². The standard InChI is InChI=1S/C11H11NO3/c1-2-14-11(13)9-7-15-10(12-9)6-5-8-3-4-8/h7-8H,2-4H2,1H3. The fourth-order valence-electron chi connectivity index (χ4n) is 1.02. The minimum atomic E-state index is -0.472. The molecule has 0 N–H and O–H groups in total. The summed E-state index contributed by atoms with van der Waals surface area (Å²) in [5.41, 5.74) is 0.178. The molecule has 78 valence electrons. The van der Waals surface area contributed by atoms with E-state index in [9.17, 15) is 4.79 Å². The summed E-state index contributed by atoms with van der Waals surface area (Å²) in [6.45, 7) is 2.07. The molecular formula is C11H11NO3. The van der Waals surface area contributed by atoms with Gasteiger partial charge in [0, 0.05) is 5.92 Å². The van der Waals surface area contributed by atoms with E-state index in [1.807, 2.05) is 0 Å². The molecule has 4 heteroatoms. The molecule has 0 saturated heterocycles. The van der Waals surface area contributed by atoms with E-state index in [2.05, 4.69) is 16.8 Å². The summed E-state index contributed by atoms with van der Waals surface area (Å²) in [6, 6.07) is 0. The van der Waals surface area contributed by atoms with Crippen LogP contribution in [0.15, 0.2) is 10.7 Å². The van der Waals surface area contributed by atoms with Crippen molar-refractivity contribution in [1.29, 1.82) is 0 Å². The zero-order valence-corrected chi connectivity index (χ0v) is 8.45. The van der Waals surface area contributed by atoms with Crippen LogP contribution >= 0.6 is 0 Å². The summed E-state index contributed by atoms with van der Waals surface area (Å²) in [7, 11) is 0. The third-order valence-corrected chi connectivity index (χ3v) is 1.95. The lowest BCUT2D eigenvalue weighted by Crippen LogP contribution is -2.04. The van der Waals surface area contributed by atoms with Crippen molar-refractivity contribution in [2.24, 2.45) is 5.92 Å². The van der Waals surface area contributed by atoms with Gasteiger partial charge in [0.1, 0.15) is 6.26 Å². The minimum Gasteiger partial charge on any atom is -0.461 e. The van der Waals surface area contributed by atoms with E-state index >= 15 is 0 Å². The van der Waals surface area contributed by atoms with E-state index in [-0.39, 0.29) is 11.6 Å². The Labute approximate surface area is 87.6 Å². The Morgan fingerprint density at radius 3 is 3.20 bits per heavy atom. The van der Waals surface area contributed by atoms with Gasteiger partial charge in [-0.05, 0) is 25.7 Å². The average Bonchev–Trinajstić information content (AvgIpc) is 2.93. The zero-order chi connectivity index (χ0) is 10.7. The molecule has 0 bridgehead atoms. The molecule has 1 heterocycles. The number of ether oxygens (including phenoxy) is 1. The minimum absolute atomic E-state index is 0.178. The van der Waals surface area contributed by atoms with Crippen LogP contribution in [0.5, 0.6) is 0 Å². The van der Waals surface area contributed by atoms with E-state index in [1.165, 1.54) is 6.26 Å². The van der Waals surface area contributed by atoms with Crippen molar-refractivity contribution in [2.45, 2.75) is 19.8 Å². The Bertz CT molecular complexity index is 421. The van der Waals surface area contributed by atoms with Gasteiger partial charge in [0.15, 0.2) is 5.69 Å². The van der Waals surface area contributed by atoms with Crippen LogP contribution in [0.25, 0.3) is 0 Å². The van der Waals surface area contributed by atoms with Gasteiger partial charge < -0.3 is 9.15 Å². The van der Waals surface area contributed by atoms with Gasteiger partial charge in [0.25, 0.3) is 5.89 Å². The Balaban J connectivity index is 2.03. The predicted octanol–water partition coefficient (Wildman–Crippen LogP) is 1.61. The maximum atomic E-state index is 11.2. The van der Waals surface area contributed by atoms with Crippen LogP contribution in [0, 0.1) is 17.8 Å². The fourth-order valence-corrected chi connectivity index (χ4v) is 1.02. The monoisotopic (exact) mass is 205 g/mol. The average molecular weight is 205 g/mol. The zero-order valence-electron chi connectivity index (χ0n) is 8.45. The summed E-state index contributed by atoms with van der Waals surface area (Å²) in [4.78, 5) is 15.1. The third kappa shape index (κ3) is 2.59. The van der Waals surface area contributed by atoms with E-state index in [4.69, 9.17) is 9.15 Å². The van der Waals surface area contributed by atoms with Crippen LogP contribution in [0.1, 0.15) is 36.1 Å². The number of aromatic nitrogens is 1. The van der Waals surface area contributed by atoms with E-state index in [1.54, 1.807) is 6.92 Å². The highest BCUT2D eigenvalue weighted by molar-refractivity contribution is 5.86. The topological polar surface area (TPSA) is 52.3 Å². The largest absolute Gasteiger partial charge is 0.461 e. The first-order valence-corrected chi connectivity index (χ1v) is 4.93. The number of nitrogens with zero attached hydrogens (tertiary/aromatic N) is 1. The highest BCUT2D eigenvalue weighted by Crippen LogP contribution is 2.27. The van der Waals surface area contributed by atoms with Crippen molar-refractivity contribution in [2.75, 3.05) is 6.61 Å². The number of rotatable bonds is 2. The molecule has 0 spiro atoms. The molecule has 0 aromatic carbocycles. The molecule has 0 radical (unpaired) electrons. The van der Waals surface area contributed by atoms with Crippen molar-refractivity contribution in [3.63, 3.8) is 0 Å². The maximum absolute atomic E-state index is 11.2. The van der Waals surface area contributed by atoms with Crippen molar-refractivity contribution in [1.82, 2.24) is 4.98 Å². The Morgan fingerprint density at radius 1 is 1.73 bits per heavy atom. The Morgan fingerprint density at radius 2 is 2.53 bits per heavy atom. The molecule has 4 nitrogen and oxygen atoms in total. The van der Waals surface area contributed by atoms with Crippen molar-refractivity contribution in [3.05, 3.63) is 17.8 Å². The molecular weight excluding hydrogens is 194 g/mol. The van der Waals surface area contributed by atoms with E-state index in [0.29, 0.717) is 12.5 Å². The maximum Gasteiger partial charge on any atom is 0.360 e. The van der Waals surface area contributed by atoms with Gasteiger partial charge in [0.05, 0.1) is 6.61 Å². The summed E-state index contributed by atoms with van der Waals surface area (Å²) in [5.74, 6) is 6.09. The molecule has 0 amide bonds. The lowest BCUT2D eigenvalue weighted by Gasteiger charge is -1.94. The number of esters is 1. The van der Waals surface area contributed by atoms with Gasteiger partial charge in [-0.1, -0.05) is 5.92 Å². The predicted molar refractivity (Wildman–Crippen MR) is 52.1 cm³/mol. The molecule has 1 aliphatic rings. The molecule has 1 aromatic rings. The van der Waals surface area contributed by atoms with Crippen molar-refractivity contribution in [3.8, 4) is 11.8 Å². The number of oxazole rings is 1. The number of hydrogen-bond acceptors (Lipinski definition) is 4. The van der Waals surface area contributed by atoms with Gasteiger partial charge >= 0.3 is 5.97 Å². The number of carbonyl (C=O) groups excluding carboxylic acids is 1. The molecule has 1 aromatic heterocycles. The van der Waals surface area contributed by atoms with Crippen LogP contribution in [-0.4, -0.2) is 17.6 Å². The molecule has 1 fully saturated rings. The quantitative estimate of drug-likeness (QED) is 0.543. The summed E-state index contributed by atoms with van der Waals surface area (Å²) >= 11 is 0. The molecule has 15 heavy (non-hydrogen) atoms. The number of carbonyl (C=O) groups is 1. The number of hydrogen-bond donors (Lipinski definition) is 0. The van der Waals surface area contributed by atoms with Crippen LogP contribution in [-0.2, 0) is 4.74 Å². The van der Waals surface area contributed by atoms with Crippen molar-refractivity contribution < 1.29 is 13.9 Å². The normalized spacial score (nSPS) is 14.2.